The zero-order chi connectivity index (χ0) is 19.6. The van der Waals surface area contributed by atoms with Crippen LogP contribution in [0.25, 0.3) is 0 Å². The zero-order valence-electron chi connectivity index (χ0n) is 14.6. The van der Waals surface area contributed by atoms with Crippen LogP contribution in [-0.4, -0.2) is 30.0 Å². The van der Waals surface area contributed by atoms with E-state index in [1.165, 1.54) is 24.3 Å². The van der Waals surface area contributed by atoms with Crippen molar-refractivity contribution in [1.82, 2.24) is 10.9 Å². The average Bonchev–Trinajstić information content (AvgIpc) is 2.69. The van der Waals surface area contributed by atoms with Gasteiger partial charge in [-0.3, -0.25) is 30.6 Å². The summed E-state index contributed by atoms with van der Waals surface area (Å²) in [6, 6.07) is 12.6. The quantitative estimate of drug-likeness (QED) is 0.537. The molecule has 0 aliphatic rings. The van der Waals surface area contributed by atoms with Crippen LogP contribution in [0, 0.1) is 10.1 Å². The number of hydrogen-bond acceptors (Lipinski definition) is 6. The van der Waals surface area contributed by atoms with Gasteiger partial charge in [0, 0.05) is 12.1 Å². The van der Waals surface area contributed by atoms with Gasteiger partial charge < -0.3 is 9.47 Å². The number of non-ortho nitro benzene ring substituents is 1. The number of benzene rings is 2. The van der Waals surface area contributed by atoms with Gasteiger partial charge in [0.2, 0.25) is 0 Å². The highest BCUT2D eigenvalue weighted by molar-refractivity contribution is 5.83. The molecule has 0 heterocycles. The number of nitrogens with zero attached hydrogens (tertiary/aromatic N) is 1. The number of carbonyl (C=O) groups is 2. The molecule has 0 aliphatic carbocycles. The van der Waals surface area contributed by atoms with Crippen molar-refractivity contribution in [2.75, 3.05) is 13.2 Å². The Balaban J connectivity index is 1.66. The van der Waals surface area contributed by atoms with E-state index in [2.05, 4.69) is 10.9 Å². The summed E-state index contributed by atoms with van der Waals surface area (Å²) in [4.78, 5) is 33.3. The summed E-state index contributed by atoms with van der Waals surface area (Å²) < 4.78 is 10.5. The van der Waals surface area contributed by atoms with Crippen molar-refractivity contribution in [1.29, 1.82) is 0 Å². The molecule has 9 nitrogen and oxygen atoms in total. The van der Waals surface area contributed by atoms with Crippen molar-refractivity contribution in [2.45, 2.75) is 13.3 Å². The van der Waals surface area contributed by atoms with Crippen LogP contribution < -0.4 is 20.3 Å². The predicted molar refractivity (Wildman–Crippen MR) is 96.2 cm³/mol. The van der Waals surface area contributed by atoms with Gasteiger partial charge in [-0.25, -0.2) is 0 Å². The van der Waals surface area contributed by atoms with Gasteiger partial charge in [-0.1, -0.05) is 19.1 Å². The smallest absolute Gasteiger partial charge is 0.276 e. The molecule has 0 bridgehead atoms. The molecule has 2 aromatic rings. The van der Waals surface area contributed by atoms with Crippen LogP contribution in [0.5, 0.6) is 11.5 Å². The first-order chi connectivity index (χ1) is 13.0. The van der Waals surface area contributed by atoms with Crippen LogP contribution in [0.2, 0.25) is 0 Å². The fraction of sp³-hybridized carbons (Fsp3) is 0.222. The maximum Gasteiger partial charge on any atom is 0.276 e. The highest BCUT2D eigenvalue weighted by atomic mass is 16.6. The molecule has 27 heavy (non-hydrogen) atoms. The maximum atomic E-state index is 11.7. The van der Waals surface area contributed by atoms with Crippen LogP contribution in [0.4, 0.5) is 5.69 Å². The Morgan fingerprint density at radius 3 is 1.74 bits per heavy atom. The van der Waals surface area contributed by atoms with Crippen molar-refractivity contribution in [2.24, 2.45) is 0 Å². The van der Waals surface area contributed by atoms with Crippen molar-refractivity contribution in [3.8, 4) is 11.5 Å². The SMILES string of the molecule is CCc1ccc(OCC(=O)NNC(=O)COc2ccc([N+](=O)[O-])cc2)cc1. The lowest BCUT2D eigenvalue weighted by atomic mass is 10.2. The van der Waals surface area contributed by atoms with Gasteiger partial charge in [-0.05, 0) is 36.2 Å². The van der Waals surface area contributed by atoms with Gasteiger partial charge in [0.05, 0.1) is 4.92 Å². The lowest BCUT2D eigenvalue weighted by molar-refractivity contribution is -0.384. The number of amides is 2. The molecule has 0 aromatic heterocycles. The van der Waals surface area contributed by atoms with E-state index in [0.717, 1.165) is 12.0 Å². The zero-order valence-corrected chi connectivity index (χ0v) is 14.6. The van der Waals surface area contributed by atoms with Crippen LogP contribution >= 0.6 is 0 Å². The second-order valence-corrected chi connectivity index (χ2v) is 5.42. The number of nitro benzene ring substituents is 1. The van der Waals surface area contributed by atoms with Crippen molar-refractivity contribution in [3.05, 3.63) is 64.2 Å². The van der Waals surface area contributed by atoms with Gasteiger partial charge >= 0.3 is 0 Å². The topological polar surface area (TPSA) is 120 Å². The fourth-order valence-corrected chi connectivity index (χ4v) is 1.99. The van der Waals surface area contributed by atoms with E-state index in [1.807, 2.05) is 19.1 Å². The van der Waals surface area contributed by atoms with Crippen molar-refractivity contribution < 1.29 is 24.0 Å². The minimum Gasteiger partial charge on any atom is -0.484 e. The van der Waals surface area contributed by atoms with Gasteiger partial charge in [-0.15, -0.1) is 0 Å². The Morgan fingerprint density at radius 2 is 1.33 bits per heavy atom. The summed E-state index contributed by atoms with van der Waals surface area (Å²) in [7, 11) is 0. The van der Waals surface area contributed by atoms with Gasteiger partial charge in [-0.2, -0.15) is 0 Å². The van der Waals surface area contributed by atoms with E-state index in [0.29, 0.717) is 11.5 Å². The molecule has 0 aliphatic heterocycles. The first kappa shape index (κ1) is 19.7. The molecule has 2 amide bonds. The first-order valence-corrected chi connectivity index (χ1v) is 8.14. The Kier molecular flexibility index (Phi) is 7.12. The third kappa shape index (κ3) is 6.65. The van der Waals surface area contributed by atoms with E-state index >= 15 is 0 Å². The summed E-state index contributed by atoms with van der Waals surface area (Å²) in [5.41, 5.74) is 5.47. The van der Waals surface area contributed by atoms with E-state index in [-0.39, 0.29) is 18.9 Å². The number of carbonyl (C=O) groups excluding carboxylic acids is 2. The number of ether oxygens (including phenoxy) is 2. The van der Waals surface area contributed by atoms with Crippen molar-refractivity contribution in [3.63, 3.8) is 0 Å². The minimum absolute atomic E-state index is 0.0802. The monoisotopic (exact) mass is 373 g/mol. The maximum absolute atomic E-state index is 11.7. The third-order valence-corrected chi connectivity index (χ3v) is 3.46. The second kappa shape index (κ2) is 9.76. The predicted octanol–water partition coefficient (Wildman–Crippen LogP) is 1.76. The van der Waals surface area contributed by atoms with E-state index < -0.39 is 16.7 Å². The molecule has 0 unspecified atom stereocenters. The Morgan fingerprint density at radius 1 is 0.889 bits per heavy atom. The van der Waals surface area contributed by atoms with Crippen molar-refractivity contribution >= 4 is 17.5 Å². The number of hydrazine groups is 1. The average molecular weight is 373 g/mol. The summed E-state index contributed by atoms with van der Waals surface area (Å²) in [6.45, 7) is 1.42. The number of nitro groups is 1. The first-order valence-electron chi connectivity index (χ1n) is 8.14. The summed E-state index contributed by atoms with van der Waals surface area (Å²) in [6.07, 6.45) is 0.911. The van der Waals surface area contributed by atoms with Gasteiger partial charge in [0.25, 0.3) is 17.5 Å². The highest BCUT2D eigenvalue weighted by Gasteiger charge is 2.08. The van der Waals surface area contributed by atoms with Crippen LogP contribution in [0.3, 0.4) is 0 Å². The number of nitrogens with one attached hydrogen (secondary N) is 2. The molecule has 0 saturated heterocycles. The van der Waals surface area contributed by atoms with Gasteiger partial charge in [0.15, 0.2) is 13.2 Å². The van der Waals surface area contributed by atoms with Gasteiger partial charge in [0.1, 0.15) is 11.5 Å². The molecular formula is C18H19N3O6. The molecule has 0 fully saturated rings. The van der Waals surface area contributed by atoms with Crippen LogP contribution in [0.1, 0.15) is 12.5 Å². The van der Waals surface area contributed by atoms with E-state index in [9.17, 15) is 19.7 Å². The summed E-state index contributed by atoms with van der Waals surface area (Å²) in [5.74, 6) is -0.275. The normalized spacial score (nSPS) is 9.96. The van der Waals surface area contributed by atoms with E-state index in [4.69, 9.17) is 9.47 Å². The molecule has 142 valence electrons. The fourth-order valence-electron chi connectivity index (χ4n) is 1.99. The molecule has 0 atom stereocenters. The third-order valence-electron chi connectivity index (χ3n) is 3.46. The minimum atomic E-state index is -0.589. The molecule has 2 rings (SSSR count). The van der Waals surface area contributed by atoms with Crippen LogP contribution in [-0.2, 0) is 16.0 Å². The summed E-state index contributed by atoms with van der Waals surface area (Å²) >= 11 is 0. The Hall–Kier alpha value is -3.62. The molecule has 0 radical (unpaired) electrons. The molecular weight excluding hydrogens is 354 g/mol. The van der Waals surface area contributed by atoms with Crippen LogP contribution in [0.15, 0.2) is 48.5 Å². The lowest BCUT2D eigenvalue weighted by Gasteiger charge is -2.10. The van der Waals surface area contributed by atoms with E-state index in [1.54, 1.807) is 12.1 Å². The molecule has 2 N–H and O–H groups in total. The summed E-state index contributed by atoms with van der Waals surface area (Å²) in [5, 5.41) is 10.6. The second-order valence-electron chi connectivity index (χ2n) is 5.42. The molecule has 0 saturated carbocycles. The Bertz CT molecular complexity index is 790. The molecule has 2 aromatic carbocycles. The molecule has 9 heteroatoms. The number of rotatable bonds is 8. The number of hydrogen-bond donors (Lipinski definition) is 2. The molecule has 0 spiro atoms. The Labute approximate surface area is 155 Å². The number of aryl methyl sites for hydroxylation is 1. The highest BCUT2D eigenvalue weighted by Crippen LogP contribution is 2.17. The lowest BCUT2D eigenvalue weighted by Crippen LogP contribution is -2.45. The largest absolute Gasteiger partial charge is 0.484 e. The standard InChI is InChI=1S/C18H19N3O6/c1-2-13-3-7-15(8-4-13)26-11-17(22)19-20-18(23)12-27-16-9-5-14(6-10-16)21(24)25/h3-10H,2,11-12H2,1H3,(H,19,22)(H,20,23).